The summed E-state index contributed by atoms with van der Waals surface area (Å²) in [5.74, 6) is -1.38. The number of hydrogen-bond donors (Lipinski definition) is 1. The number of carbonyl (C=O) groups is 3. The molecule has 1 heterocycles. The van der Waals surface area contributed by atoms with E-state index in [2.05, 4.69) is 5.32 Å². The van der Waals surface area contributed by atoms with Gasteiger partial charge in [0.1, 0.15) is 6.10 Å². The zero-order valence-electron chi connectivity index (χ0n) is 15.2. The summed E-state index contributed by atoms with van der Waals surface area (Å²) in [4.78, 5) is 36.1. The van der Waals surface area contributed by atoms with Crippen molar-refractivity contribution in [1.82, 2.24) is 5.32 Å². The summed E-state index contributed by atoms with van der Waals surface area (Å²) in [5.41, 5.74) is 2.36. The van der Waals surface area contributed by atoms with Crippen molar-refractivity contribution in [1.29, 1.82) is 0 Å². The predicted molar refractivity (Wildman–Crippen MR) is 98.3 cm³/mol. The van der Waals surface area contributed by atoms with E-state index in [1.54, 1.807) is 12.1 Å². The minimum atomic E-state index is -0.605. The molecule has 6 heteroatoms. The number of esters is 2. The summed E-state index contributed by atoms with van der Waals surface area (Å²) in [6.45, 7) is 3.31. The van der Waals surface area contributed by atoms with Crippen LogP contribution in [-0.2, 0) is 20.7 Å². The molecule has 0 aliphatic carbocycles. The van der Waals surface area contributed by atoms with E-state index in [4.69, 9.17) is 9.47 Å². The molecule has 1 unspecified atom stereocenters. The van der Waals surface area contributed by atoms with E-state index < -0.39 is 18.0 Å². The van der Waals surface area contributed by atoms with E-state index in [1.165, 1.54) is 6.07 Å². The topological polar surface area (TPSA) is 81.7 Å². The normalized spacial score (nSPS) is 15.7. The van der Waals surface area contributed by atoms with Gasteiger partial charge in [0.2, 0.25) is 0 Å². The van der Waals surface area contributed by atoms with Gasteiger partial charge in [0.25, 0.3) is 5.91 Å². The lowest BCUT2D eigenvalue weighted by Crippen LogP contribution is -2.34. The first-order valence-electron chi connectivity index (χ1n) is 8.79. The Bertz CT molecular complexity index is 860. The van der Waals surface area contributed by atoms with Gasteiger partial charge in [0.05, 0.1) is 11.1 Å². The maximum absolute atomic E-state index is 12.3. The number of nitrogens with one attached hydrogen (secondary N) is 1. The fourth-order valence-corrected chi connectivity index (χ4v) is 2.95. The molecule has 27 heavy (non-hydrogen) atoms. The van der Waals surface area contributed by atoms with Gasteiger partial charge in [-0.3, -0.25) is 4.79 Å². The summed E-state index contributed by atoms with van der Waals surface area (Å²) < 4.78 is 10.6. The van der Waals surface area contributed by atoms with Gasteiger partial charge < -0.3 is 14.8 Å². The van der Waals surface area contributed by atoms with Crippen LogP contribution in [0.4, 0.5) is 0 Å². The number of ether oxygens (including phenoxy) is 2. The zero-order chi connectivity index (χ0) is 19.4. The first-order valence-corrected chi connectivity index (χ1v) is 8.79. The van der Waals surface area contributed by atoms with Crippen LogP contribution in [0.5, 0.6) is 0 Å². The number of benzene rings is 2. The Morgan fingerprint density at radius 1 is 1.19 bits per heavy atom. The van der Waals surface area contributed by atoms with Crippen molar-refractivity contribution in [3.63, 3.8) is 0 Å². The van der Waals surface area contributed by atoms with Crippen LogP contribution < -0.4 is 5.32 Å². The fraction of sp³-hybridized carbons (Fsp3) is 0.286. The van der Waals surface area contributed by atoms with Crippen LogP contribution in [0.15, 0.2) is 48.5 Å². The maximum atomic E-state index is 12.3. The van der Waals surface area contributed by atoms with E-state index in [-0.39, 0.29) is 18.6 Å². The van der Waals surface area contributed by atoms with E-state index in [1.807, 2.05) is 44.2 Å². The summed E-state index contributed by atoms with van der Waals surface area (Å²) in [6, 6.07) is 14.1. The van der Waals surface area contributed by atoms with Crippen LogP contribution in [0.3, 0.4) is 0 Å². The van der Waals surface area contributed by atoms with E-state index in [9.17, 15) is 14.4 Å². The Labute approximate surface area is 157 Å². The Balaban J connectivity index is 1.73. The number of amides is 1. The Hall–Kier alpha value is -3.15. The SMILES string of the molecule is CC(C)NC(=O)COC(=O)c1ccc2c(c1)CC(c1ccccc1)OC2=O. The summed E-state index contributed by atoms with van der Waals surface area (Å²) in [7, 11) is 0. The molecule has 0 saturated heterocycles. The molecule has 0 saturated carbocycles. The number of rotatable bonds is 5. The summed E-state index contributed by atoms with van der Waals surface area (Å²) in [6.07, 6.45) is 0.0781. The molecule has 0 spiro atoms. The lowest BCUT2D eigenvalue weighted by Gasteiger charge is -2.25. The van der Waals surface area contributed by atoms with Crippen LogP contribution in [-0.4, -0.2) is 30.5 Å². The summed E-state index contributed by atoms with van der Waals surface area (Å²) in [5, 5.41) is 2.65. The molecule has 0 aromatic heterocycles. The van der Waals surface area contributed by atoms with Gasteiger partial charge in [-0.05, 0) is 43.2 Å². The lowest BCUT2D eigenvalue weighted by atomic mass is 9.93. The minimum absolute atomic E-state index is 0.0270. The third-order valence-electron chi connectivity index (χ3n) is 4.17. The number of cyclic esters (lactones) is 1. The second-order valence-corrected chi connectivity index (χ2v) is 6.68. The molecule has 140 valence electrons. The molecular weight excluding hydrogens is 346 g/mol. The van der Waals surface area contributed by atoms with Gasteiger partial charge in [-0.1, -0.05) is 30.3 Å². The predicted octanol–water partition coefficient (Wildman–Crippen LogP) is 2.82. The van der Waals surface area contributed by atoms with Crippen LogP contribution >= 0.6 is 0 Å². The van der Waals surface area contributed by atoms with E-state index in [0.29, 0.717) is 17.5 Å². The highest BCUT2D eigenvalue weighted by atomic mass is 16.5. The molecule has 6 nitrogen and oxygen atoms in total. The van der Waals surface area contributed by atoms with Gasteiger partial charge >= 0.3 is 11.9 Å². The molecule has 0 radical (unpaired) electrons. The van der Waals surface area contributed by atoms with Crippen molar-refractivity contribution >= 4 is 17.8 Å². The number of fused-ring (bicyclic) bond motifs is 1. The molecule has 0 fully saturated rings. The monoisotopic (exact) mass is 367 g/mol. The number of hydrogen-bond acceptors (Lipinski definition) is 5. The van der Waals surface area contributed by atoms with Gasteiger partial charge in [-0.2, -0.15) is 0 Å². The molecule has 1 aliphatic heterocycles. The molecule has 1 atom stereocenters. The Morgan fingerprint density at radius 3 is 2.63 bits per heavy atom. The quantitative estimate of drug-likeness (QED) is 0.822. The molecule has 1 N–H and O–H groups in total. The maximum Gasteiger partial charge on any atom is 0.339 e. The highest BCUT2D eigenvalue weighted by Crippen LogP contribution is 2.31. The lowest BCUT2D eigenvalue weighted by molar-refractivity contribution is -0.124. The average molecular weight is 367 g/mol. The van der Waals surface area contributed by atoms with Crippen LogP contribution in [0.1, 0.15) is 51.8 Å². The van der Waals surface area contributed by atoms with Crippen LogP contribution in [0.2, 0.25) is 0 Å². The van der Waals surface area contributed by atoms with Gasteiger partial charge in [-0.15, -0.1) is 0 Å². The first kappa shape index (κ1) is 18.6. The van der Waals surface area contributed by atoms with Gasteiger partial charge in [-0.25, -0.2) is 9.59 Å². The Kier molecular flexibility index (Phi) is 5.54. The van der Waals surface area contributed by atoms with Crippen molar-refractivity contribution in [3.8, 4) is 0 Å². The molecule has 3 rings (SSSR count). The van der Waals surface area contributed by atoms with E-state index in [0.717, 1.165) is 11.1 Å². The molecule has 1 aliphatic rings. The van der Waals surface area contributed by atoms with Gasteiger partial charge in [0.15, 0.2) is 6.61 Å². The smallest absolute Gasteiger partial charge is 0.339 e. The highest BCUT2D eigenvalue weighted by Gasteiger charge is 2.28. The molecule has 0 bridgehead atoms. The Morgan fingerprint density at radius 2 is 1.93 bits per heavy atom. The third kappa shape index (κ3) is 4.53. The van der Waals surface area contributed by atoms with Crippen molar-refractivity contribution in [2.24, 2.45) is 0 Å². The van der Waals surface area contributed by atoms with Crippen molar-refractivity contribution in [2.45, 2.75) is 32.4 Å². The van der Waals surface area contributed by atoms with E-state index >= 15 is 0 Å². The summed E-state index contributed by atoms with van der Waals surface area (Å²) >= 11 is 0. The van der Waals surface area contributed by atoms with Crippen molar-refractivity contribution in [2.75, 3.05) is 6.61 Å². The molecule has 2 aromatic carbocycles. The third-order valence-corrected chi connectivity index (χ3v) is 4.17. The second kappa shape index (κ2) is 8.03. The average Bonchev–Trinajstić information content (AvgIpc) is 2.65. The number of carbonyl (C=O) groups excluding carboxylic acids is 3. The second-order valence-electron chi connectivity index (χ2n) is 6.68. The molecule has 1 amide bonds. The molecule has 2 aromatic rings. The van der Waals surface area contributed by atoms with Crippen molar-refractivity contribution in [3.05, 3.63) is 70.8 Å². The zero-order valence-corrected chi connectivity index (χ0v) is 15.2. The standard InChI is InChI=1S/C21H21NO5/c1-13(2)22-19(23)12-26-20(24)15-8-9-17-16(10-15)11-18(27-21(17)25)14-6-4-3-5-7-14/h3-10,13,18H,11-12H2,1-2H3,(H,22,23). The molecular formula is C21H21NO5. The first-order chi connectivity index (χ1) is 12.9. The largest absolute Gasteiger partial charge is 0.454 e. The van der Waals surface area contributed by atoms with Crippen LogP contribution in [0.25, 0.3) is 0 Å². The minimum Gasteiger partial charge on any atom is -0.454 e. The highest BCUT2D eigenvalue weighted by molar-refractivity contribution is 5.96. The van der Waals surface area contributed by atoms with Crippen molar-refractivity contribution < 1.29 is 23.9 Å². The van der Waals surface area contributed by atoms with Gasteiger partial charge in [0, 0.05) is 12.5 Å². The van der Waals surface area contributed by atoms with Crippen LogP contribution in [0, 0.1) is 0 Å². The fourth-order valence-electron chi connectivity index (χ4n) is 2.95.